The van der Waals surface area contributed by atoms with Crippen molar-refractivity contribution in [1.82, 2.24) is 14.0 Å². The minimum Gasteiger partial charge on any atom is -0.306 e. The molecule has 3 aromatic rings. The van der Waals surface area contributed by atoms with Gasteiger partial charge in [0.2, 0.25) is 5.65 Å². The van der Waals surface area contributed by atoms with Crippen molar-refractivity contribution < 1.29 is 0 Å². The molecule has 0 bridgehead atoms. The summed E-state index contributed by atoms with van der Waals surface area (Å²) in [6.45, 7) is 0. The van der Waals surface area contributed by atoms with Gasteiger partial charge in [-0.15, -0.1) is 0 Å². The van der Waals surface area contributed by atoms with E-state index in [2.05, 4.69) is 17.1 Å². The van der Waals surface area contributed by atoms with E-state index < -0.39 is 0 Å². The molecule has 0 fully saturated rings. The molecular weight excluding hydrogens is 226 g/mol. The number of imidazole rings is 1. The summed E-state index contributed by atoms with van der Waals surface area (Å²) in [5.74, 6) is 0. The predicted molar refractivity (Wildman–Crippen MR) is 68.7 cm³/mol. The average molecular weight is 237 g/mol. The molecule has 88 valence electrons. The summed E-state index contributed by atoms with van der Waals surface area (Å²) in [7, 11) is 1.82. The molecule has 4 rings (SSSR count). The molecule has 0 saturated carbocycles. The van der Waals surface area contributed by atoms with E-state index in [1.165, 1.54) is 5.56 Å². The SMILES string of the molecule is Cn1c2c(n3ccnc3c1=O)Cc1ccccc1-2. The van der Waals surface area contributed by atoms with E-state index in [1.54, 1.807) is 10.8 Å². The van der Waals surface area contributed by atoms with Crippen LogP contribution in [0.1, 0.15) is 11.3 Å². The van der Waals surface area contributed by atoms with E-state index in [4.69, 9.17) is 0 Å². The van der Waals surface area contributed by atoms with Crippen LogP contribution in [0.2, 0.25) is 0 Å². The highest BCUT2D eigenvalue weighted by Crippen LogP contribution is 2.35. The van der Waals surface area contributed by atoms with Gasteiger partial charge in [0.05, 0.1) is 11.4 Å². The van der Waals surface area contributed by atoms with E-state index in [1.807, 2.05) is 29.8 Å². The number of aromatic nitrogens is 3. The Morgan fingerprint density at radius 3 is 3.00 bits per heavy atom. The first kappa shape index (κ1) is 9.65. The highest BCUT2D eigenvalue weighted by Gasteiger charge is 2.24. The van der Waals surface area contributed by atoms with Crippen LogP contribution < -0.4 is 5.56 Å². The highest BCUT2D eigenvalue weighted by atomic mass is 16.1. The Kier molecular flexibility index (Phi) is 1.66. The molecule has 2 heterocycles. The zero-order chi connectivity index (χ0) is 12.3. The van der Waals surface area contributed by atoms with Crippen LogP contribution in [-0.4, -0.2) is 14.0 Å². The highest BCUT2D eigenvalue weighted by molar-refractivity contribution is 5.73. The standard InChI is InChI=1S/C14H11N3O/c1-16-12-10-5-3-2-4-9(10)8-11(12)17-7-6-15-13(17)14(16)18/h2-7H,8H2,1H3. The molecule has 0 spiro atoms. The van der Waals surface area contributed by atoms with Crippen LogP contribution in [0.15, 0.2) is 41.5 Å². The molecule has 0 N–H and O–H groups in total. The molecule has 4 heteroatoms. The lowest BCUT2D eigenvalue weighted by atomic mass is 10.1. The second kappa shape index (κ2) is 3.10. The molecular formula is C14H11N3O. The van der Waals surface area contributed by atoms with Gasteiger partial charge in [-0.2, -0.15) is 0 Å². The summed E-state index contributed by atoms with van der Waals surface area (Å²) in [5, 5.41) is 0. The molecule has 2 aromatic heterocycles. The van der Waals surface area contributed by atoms with Crippen LogP contribution in [0, 0.1) is 0 Å². The Hall–Kier alpha value is -2.36. The smallest absolute Gasteiger partial charge is 0.294 e. The summed E-state index contributed by atoms with van der Waals surface area (Å²) in [6, 6.07) is 8.23. The second-order valence-corrected chi connectivity index (χ2v) is 4.61. The summed E-state index contributed by atoms with van der Waals surface area (Å²) < 4.78 is 3.63. The van der Waals surface area contributed by atoms with Gasteiger partial charge in [0, 0.05) is 31.4 Å². The van der Waals surface area contributed by atoms with Crippen molar-refractivity contribution in [3.8, 4) is 11.3 Å². The largest absolute Gasteiger partial charge is 0.306 e. The van der Waals surface area contributed by atoms with Gasteiger partial charge < -0.3 is 4.57 Å². The number of hydrogen-bond acceptors (Lipinski definition) is 2. The first-order chi connectivity index (χ1) is 8.77. The number of fused-ring (bicyclic) bond motifs is 5. The van der Waals surface area contributed by atoms with Crippen LogP contribution in [0.5, 0.6) is 0 Å². The van der Waals surface area contributed by atoms with Gasteiger partial charge >= 0.3 is 0 Å². The molecule has 0 amide bonds. The molecule has 4 nitrogen and oxygen atoms in total. The Morgan fingerprint density at radius 1 is 1.28 bits per heavy atom. The van der Waals surface area contributed by atoms with Crippen molar-refractivity contribution in [2.75, 3.05) is 0 Å². The third kappa shape index (κ3) is 1.00. The molecule has 1 aliphatic rings. The van der Waals surface area contributed by atoms with E-state index in [0.717, 1.165) is 23.4 Å². The lowest BCUT2D eigenvalue weighted by Gasteiger charge is -2.09. The normalized spacial score (nSPS) is 12.7. The fraction of sp³-hybridized carbons (Fsp3) is 0.143. The Morgan fingerprint density at radius 2 is 2.11 bits per heavy atom. The first-order valence-electron chi connectivity index (χ1n) is 5.90. The molecule has 0 saturated heterocycles. The topological polar surface area (TPSA) is 39.3 Å². The summed E-state index contributed by atoms with van der Waals surface area (Å²) in [5.41, 5.74) is 5.04. The quantitative estimate of drug-likeness (QED) is 0.466. The van der Waals surface area contributed by atoms with Gasteiger partial charge in [-0.05, 0) is 5.56 Å². The van der Waals surface area contributed by atoms with Gasteiger partial charge in [0.1, 0.15) is 0 Å². The first-order valence-corrected chi connectivity index (χ1v) is 5.90. The van der Waals surface area contributed by atoms with Crippen LogP contribution in [0.25, 0.3) is 16.9 Å². The monoisotopic (exact) mass is 237 g/mol. The summed E-state index contributed by atoms with van der Waals surface area (Å²) in [4.78, 5) is 16.4. The maximum Gasteiger partial charge on any atom is 0.294 e. The molecule has 1 aromatic carbocycles. The van der Waals surface area contributed by atoms with Gasteiger partial charge in [-0.1, -0.05) is 24.3 Å². The molecule has 1 aliphatic carbocycles. The van der Waals surface area contributed by atoms with E-state index in [-0.39, 0.29) is 5.56 Å². The maximum absolute atomic E-state index is 12.2. The van der Waals surface area contributed by atoms with E-state index >= 15 is 0 Å². The van der Waals surface area contributed by atoms with Gasteiger partial charge in [0.15, 0.2) is 0 Å². The molecule has 0 atom stereocenters. The Balaban J connectivity index is 2.24. The van der Waals surface area contributed by atoms with Crippen molar-refractivity contribution in [3.05, 3.63) is 58.3 Å². The van der Waals surface area contributed by atoms with Crippen LogP contribution in [0.4, 0.5) is 0 Å². The minimum atomic E-state index is -0.0459. The Labute approximate surface area is 103 Å². The van der Waals surface area contributed by atoms with Crippen LogP contribution >= 0.6 is 0 Å². The number of rotatable bonds is 0. The third-order valence-corrected chi connectivity index (χ3v) is 3.67. The third-order valence-electron chi connectivity index (χ3n) is 3.67. The van der Waals surface area contributed by atoms with Crippen molar-refractivity contribution in [2.45, 2.75) is 6.42 Å². The minimum absolute atomic E-state index is 0.0459. The van der Waals surface area contributed by atoms with Crippen molar-refractivity contribution in [3.63, 3.8) is 0 Å². The van der Waals surface area contributed by atoms with Crippen molar-refractivity contribution in [1.29, 1.82) is 0 Å². The van der Waals surface area contributed by atoms with Crippen molar-refractivity contribution >= 4 is 5.65 Å². The van der Waals surface area contributed by atoms with Crippen LogP contribution in [-0.2, 0) is 13.5 Å². The fourth-order valence-electron chi connectivity index (χ4n) is 2.83. The van der Waals surface area contributed by atoms with E-state index in [0.29, 0.717) is 5.65 Å². The number of benzene rings is 1. The summed E-state index contributed by atoms with van der Waals surface area (Å²) in [6.07, 6.45) is 4.40. The van der Waals surface area contributed by atoms with Crippen molar-refractivity contribution in [2.24, 2.45) is 7.05 Å². The summed E-state index contributed by atoms with van der Waals surface area (Å²) >= 11 is 0. The Bertz CT molecular complexity index is 842. The number of nitrogens with zero attached hydrogens (tertiary/aromatic N) is 3. The fourth-order valence-corrected chi connectivity index (χ4v) is 2.83. The molecule has 18 heavy (non-hydrogen) atoms. The molecule has 0 unspecified atom stereocenters. The van der Waals surface area contributed by atoms with Crippen LogP contribution in [0.3, 0.4) is 0 Å². The number of hydrogen-bond donors (Lipinski definition) is 0. The maximum atomic E-state index is 12.2. The lowest BCUT2D eigenvalue weighted by molar-refractivity contribution is 0.837. The predicted octanol–water partition coefficient (Wildman–Crippen LogP) is 1.60. The second-order valence-electron chi connectivity index (χ2n) is 4.61. The zero-order valence-electron chi connectivity index (χ0n) is 9.92. The molecule has 0 radical (unpaired) electrons. The average Bonchev–Trinajstić information content (AvgIpc) is 2.99. The van der Waals surface area contributed by atoms with E-state index in [9.17, 15) is 4.79 Å². The van der Waals surface area contributed by atoms with Gasteiger partial charge in [-0.25, -0.2) is 4.98 Å². The lowest BCUT2D eigenvalue weighted by Crippen LogP contribution is -2.22. The molecule has 0 aliphatic heterocycles. The zero-order valence-corrected chi connectivity index (χ0v) is 9.92. The van der Waals surface area contributed by atoms with Gasteiger partial charge in [-0.3, -0.25) is 9.20 Å². The van der Waals surface area contributed by atoms with Gasteiger partial charge in [0.25, 0.3) is 5.56 Å².